The van der Waals surface area contributed by atoms with E-state index in [0.717, 1.165) is 25.7 Å². The lowest BCUT2D eigenvalue weighted by Gasteiger charge is -2.01. The Morgan fingerprint density at radius 3 is 2.53 bits per heavy atom. The normalized spacial score (nSPS) is 23.5. The molecule has 1 heterocycles. The first-order chi connectivity index (χ1) is 7.16. The quantitative estimate of drug-likeness (QED) is 0.479. The fraction of sp³-hybridized carbons (Fsp3) is 0.800. The average molecular weight is 215 g/mol. The topological polar surface area (TPSA) is 78.9 Å². The highest BCUT2D eigenvalue weighted by atomic mass is 16.6. The van der Waals surface area contributed by atoms with E-state index in [1.165, 1.54) is 0 Å². The van der Waals surface area contributed by atoms with E-state index >= 15 is 0 Å². The van der Waals surface area contributed by atoms with Crippen LogP contribution >= 0.6 is 0 Å². The van der Waals surface area contributed by atoms with Crippen molar-refractivity contribution in [1.29, 1.82) is 0 Å². The van der Waals surface area contributed by atoms with E-state index in [9.17, 15) is 9.59 Å². The highest BCUT2D eigenvalue weighted by molar-refractivity contribution is 5.91. The predicted molar refractivity (Wildman–Crippen MR) is 53.4 cm³/mol. The first kappa shape index (κ1) is 12.0. The summed E-state index contributed by atoms with van der Waals surface area (Å²) in [6, 6.07) is 0. The Hall–Kier alpha value is -1.10. The van der Waals surface area contributed by atoms with Gasteiger partial charge in [0, 0.05) is 6.54 Å². The second-order valence-corrected chi connectivity index (χ2v) is 3.67. The molecular formula is C10H17NO4. The van der Waals surface area contributed by atoms with Crippen LogP contribution in [-0.2, 0) is 14.3 Å². The number of aliphatic carboxylic acids is 1. The summed E-state index contributed by atoms with van der Waals surface area (Å²) in [6.45, 7) is 2.72. The number of nitrogens with one attached hydrogen (secondary N) is 1. The molecule has 1 rings (SSSR count). The van der Waals surface area contributed by atoms with Crippen molar-refractivity contribution in [3.8, 4) is 0 Å². The van der Waals surface area contributed by atoms with Crippen LogP contribution in [0.5, 0.6) is 0 Å². The Balaban J connectivity index is 2.03. The number of carboxylic acids is 1. The average Bonchev–Trinajstić information content (AvgIpc) is 2.96. The number of carbonyl (C=O) groups is 2. The summed E-state index contributed by atoms with van der Waals surface area (Å²) in [5.74, 6) is -1.37. The molecule has 1 saturated heterocycles. The van der Waals surface area contributed by atoms with Crippen LogP contribution in [0.3, 0.4) is 0 Å². The molecule has 5 nitrogen and oxygen atoms in total. The molecular weight excluding hydrogens is 198 g/mol. The van der Waals surface area contributed by atoms with Crippen LogP contribution < -0.4 is 5.32 Å². The van der Waals surface area contributed by atoms with Crippen molar-refractivity contribution in [2.75, 3.05) is 6.54 Å². The van der Waals surface area contributed by atoms with Crippen molar-refractivity contribution in [2.24, 2.45) is 0 Å². The van der Waals surface area contributed by atoms with Crippen molar-refractivity contribution in [2.45, 2.75) is 44.8 Å². The molecule has 2 atom stereocenters. The van der Waals surface area contributed by atoms with Gasteiger partial charge >= 0.3 is 5.97 Å². The first-order valence-corrected chi connectivity index (χ1v) is 5.32. The van der Waals surface area contributed by atoms with E-state index in [-0.39, 0.29) is 5.91 Å². The zero-order valence-electron chi connectivity index (χ0n) is 8.86. The van der Waals surface area contributed by atoms with E-state index in [0.29, 0.717) is 6.54 Å². The number of unbranched alkanes of at least 4 members (excludes halogenated alkanes) is 3. The van der Waals surface area contributed by atoms with Gasteiger partial charge in [-0.3, -0.25) is 4.79 Å². The van der Waals surface area contributed by atoms with Crippen molar-refractivity contribution < 1.29 is 19.4 Å². The summed E-state index contributed by atoms with van der Waals surface area (Å²) < 4.78 is 4.71. The molecule has 0 aromatic rings. The zero-order chi connectivity index (χ0) is 11.3. The maximum atomic E-state index is 11.3. The maximum absolute atomic E-state index is 11.3. The first-order valence-electron chi connectivity index (χ1n) is 5.32. The largest absolute Gasteiger partial charge is 0.479 e. The number of carboxylic acid groups (broad SMARTS) is 1. The lowest BCUT2D eigenvalue weighted by atomic mass is 10.2. The summed E-state index contributed by atoms with van der Waals surface area (Å²) in [5, 5.41) is 11.2. The SMILES string of the molecule is CCCCCCNC(=O)[C@H]1O[C@@H]1C(=O)O. The van der Waals surface area contributed by atoms with E-state index < -0.39 is 18.2 Å². The Morgan fingerprint density at radius 2 is 2.00 bits per heavy atom. The minimum absolute atomic E-state index is 0.307. The fourth-order valence-corrected chi connectivity index (χ4v) is 1.36. The number of hydrogen-bond acceptors (Lipinski definition) is 3. The molecule has 5 heteroatoms. The van der Waals surface area contributed by atoms with Crippen LogP contribution in [-0.4, -0.2) is 35.7 Å². The molecule has 0 spiro atoms. The van der Waals surface area contributed by atoms with Gasteiger partial charge in [0.05, 0.1) is 0 Å². The Kier molecular flexibility index (Phi) is 4.55. The second-order valence-electron chi connectivity index (χ2n) is 3.67. The minimum atomic E-state index is -1.07. The van der Waals surface area contributed by atoms with Crippen LogP contribution in [0.2, 0.25) is 0 Å². The molecule has 0 aliphatic carbocycles. The molecule has 0 radical (unpaired) electrons. The third-order valence-electron chi connectivity index (χ3n) is 2.32. The van der Waals surface area contributed by atoms with Gasteiger partial charge < -0.3 is 15.2 Å². The summed E-state index contributed by atoms with van der Waals surface area (Å²) in [7, 11) is 0. The van der Waals surface area contributed by atoms with Gasteiger partial charge in [0.25, 0.3) is 5.91 Å². The van der Waals surface area contributed by atoms with Gasteiger partial charge in [-0.25, -0.2) is 4.79 Å². The molecule has 0 unspecified atom stereocenters. The van der Waals surface area contributed by atoms with Gasteiger partial charge in [-0.15, -0.1) is 0 Å². The summed E-state index contributed by atoms with van der Waals surface area (Å²) in [5.41, 5.74) is 0. The monoisotopic (exact) mass is 215 g/mol. The molecule has 1 aliphatic heterocycles. The number of epoxide rings is 1. The van der Waals surface area contributed by atoms with Crippen LogP contribution in [0.25, 0.3) is 0 Å². The molecule has 0 saturated carbocycles. The number of amides is 1. The number of carbonyl (C=O) groups excluding carboxylic acids is 1. The van der Waals surface area contributed by atoms with Crippen molar-refractivity contribution in [1.82, 2.24) is 5.32 Å². The highest BCUT2D eigenvalue weighted by Gasteiger charge is 2.50. The van der Waals surface area contributed by atoms with E-state index in [1.54, 1.807) is 0 Å². The molecule has 0 bridgehead atoms. The Bertz CT molecular complexity index is 242. The maximum Gasteiger partial charge on any atom is 0.336 e. The lowest BCUT2D eigenvalue weighted by molar-refractivity contribution is -0.138. The van der Waals surface area contributed by atoms with E-state index in [1.807, 2.05) is 0 Å². The van der Waals surface area contributed by atoms with Gasteiger partial charge in [-0.05, 0) is 6.42 Å². The fourth-order valence-electron chi connectivity index (χ4n) is 1.36. The molecule has 2 N–H and O–H groups in total. The third kappa shape index (κ3) is 3.87. The van der Waals surface area contributed by atoms with Crippen LogP contribution in [0.4, 0.5) is 0 Å². The molecule has 1 amide bonds. The Labute approximate surface area is 88.8 Å². The number of hydrogen-bond donors (Lipinski definition) is 2. The number of ether oxygens (including phenoxy) is 1. The van der Waals surface area contributed by atoms with Crippen molar-refractivity contribution in [3.05, 3.63) is 0 Å². The van der Waals surface area contributed by atoms with Crippen LogP contribution in [0, 0.1) is 0 Å². The second kappa shape index (κ2) is 5.70. The molecule has 1 aliphatic rings. The standard InChI is InChI=1S/C10H17NO4/c1-2-3-4-5-6-11-9(12)7-8(15-7)10(13)14/h7-8H,2-6H2,1H3,(H,11,12)(H,13,14)/t7-,8-/m0/s1. The molecule has 0 aromatic carbocycles. The Morgan fingerprint density at radius 1 is 1.27 bits per heavy atom. The molecule has 0 aromatic heterocycles. The van der Waals surface area contributed by atoms with Crippen molar-refractivity contribution in [3.63, 3.8) is 0 Å². The smallest absolute Gasteiger partial charge is 0.336 e. The molecule has 1 fully saturated rings. The summed E-state index contributed by atoms with van der Waals surface area (Å²) in [4.78, 5) is 21.6. The van der Waals surface area contributed by atoms with Gasteiger partial charge in [-0.1, -0.05) is 26.2 Å². The van der Waals surface area contributed by atoms with Gasteiger partial charge in [-0.2, -0.15) is 0 Å². The lowest BCUT2D eigenvalue weighted by Crippen LogP contribution is -2.31. The number of rotatable bonds is 7. The predicted octanol–water partition coefficient (Wildman–Crippen LogP) is 0.535. The van der Waals surface area contributed by atoms with E-state index in [4.69, 9.17) is 9.84 Å². The van der Waals surface area contributed by atoms with Gasteiger partial charge in [0.15, 0.2) is 12.2 Å². The van der Waals surface area contributed by atoms with E-state index in [2.05, 4.69) is 12.2 Å². The summed E-state index contributed by atoms with van der Waals surface area (Å²) in [6.07, 6.45) is 2.64. The zero-order valence-corrected chi connectivity index (χ0v) is 8.86. The van der Waals surface area contributed by atoms with Gasteiger partial charge in [0.2, 0.25) is 0 Å². The molecule has 86 valence electrons. The third-order valence-corrected chi connectivity index (χ3v) is 2.32. The summed E-state index contributed by atoms with van der Waals surface area (Å²) >= 11 is 0. The highest BCUT2D eigenvalue weighted by Crippen LogP contribution is 2.21. The van der Waals surface area contributed by atoms with Gasteiger partial charge in [0.1, 0.15) is 0 Å². The van der Waals surface area contributed by atoms with Crippen LogP contribution in [0.1, 0.15) is 32.6 Å². The van der Waals surface area contributed by atoms with Crippen LogP contribution in [0.15, 0.2) is 0 Å². The van der Waals surface area contributed by atoms with Crippen molar-refractivity contribution >= 4 is 11.9 Å². The molecule has 15 heavy (non-hydrogen) atoms. The minimum Gasteiger partial charge on any atom is -0.479 e.